The lowest BCUT2D eigenvalue weighted by Gasteiger charge is -2.63. The summed E-state index contributed by atoms with van der Waals surface area (Å²) in [4.78, 5) is 27.7. The third-order valence-electron chi connectivity index (χ3n) is 11.6. The molecule has 41 heavy (non-hydrogen) atoms. The zero-order chi connectivity index (χ0) is 29.8. The number of allylic oxidation sites excluding steroid dienone is 4. The zero-order valence-electron chi connectivity index (χ0n) is 22.9. The van der Waals surface area contributed by atoms with E-state index in [0.717, 1.165) is 18.2 Å². The van der Waals surface area contributed by atoms with Crippen molar-refractivity contribution in [1.29, 1.82) is 0 Å². The van der Waals surface area contributed by atoms with Gasteiger partial charge in [0.2, 0.25) is 0 Å². The van der Waals surface area contributed by atoms with E-state index in [1.165, 1.54) is 31.2 Å². The fraction of sp³-hybridized carbons (Fsp3) is 0.613. The van der Waals surface area contributed by atoms with Gasteiger partial charge in [-0.2, -0.15) is 13.2 Å². The lowest BCUT2D eigenvalue weighted by Crippen LogP contribution is -2.69. The molecule has 1 saturated heterocycles. The smallest absolute Gasteiger partial charge is 0.390 e. The zero-order valence-corrected chi connectivity index (χ0v) is 22.9. The highest BCUT2D eigenvalue weighted by atomic mass is 19.4. The molecule has 1 aliphatic heterocycles. The van der Waals surface area contributed by atoms with E-state index in [2.05, 4.69) is 0 Å². The second-order valence-electron chi connectivity index (χ2n) is 13.2. The molecule has 10 heteroatoms. The van der Waals surface area contributed by atoms with E-state index in [-0.39, 0.29) is 37.4 Å². The van der Waals surface area contributed by atoms with Gasteiger partial charge in [0.25, 0.3) is 0 Å². The van der Waals surface area contributed by atoms with Crippen LogP contribution in [-0.4, -0.2) is 64.3 Å². The van der Waals surface area contributed by atoms with Gasteiger partial charge in [0.1, 0.15) is 12.8 Å². The van der Waals surface area contributed by atoms with Crippen molar-refractivity contribution in [2.24, 2.45) is 34.0 Å². The number of halogens is 5. The van der Waals surface area contributed by atoms with Crippen LogP contribution in [0.25, 0.3) is 0 Å². The molecule has 1 unspecified atom stereocenters. The summed E-state index contributed by atoms with van der Waals surface area (Å²) >= 11 is 0. The predicted octanol–water partition coefficient (Wildman–Crippen LogP) is 4.61. The molecule has 0 bridgehead atoms. The summed E-state index contributed by atoms with van der Waals surface area (Å²) in [6, 6.07) is 4.84. The molecule has 0 amide bonds. The minimum atomic E-state index is -4.45. The van der Waals surface area contributed by atoms with Crippen LogP contribution in [0.2, 0.25) is 0 Å². The molecule has 4 aliphatic carbocycles. The molecule has 0 radical (unpaired) electrons. The minimum Gasteiger partial charge on any atom is -0.390 e. The van der Waals surface area contributed by atoms with Gasteiger partial charge < -0.3 is 10.2 Å². The van der Waals surface area contributed by atoms with Crippen LogP contribution < -0.4 is 0 Å². The fourth-order valence-electron chi connectivity index (χ4n) is 9.70. The van der Waals surface area contributed by atoms with Crippen LogP contribution in [0, 0.1) is 34.0 Å². The standard InChI is InChI=1S/C31H34F5NO4/c1-27-8-7-20(39)10-23(27)24(32)11-22-21-9-19-14-37(13-17-3-5-18(6-4-17)31(34,35)36)16-29(19,26(41)15-38)28(21,2)12-25(40)30(22,27)33/h3-8,10,19,21-22,24-25,38,40H,9,11-16H2,1-2H3/t19-,21?,22-,24-,25-,27-,28-,29+,30-/m0/s1. The maximum atomic E-state index is 17.5. The number of aliphatic hydroxyl groups is 2. The summed E-state index contributed by atoms with van der Waals surface area (Å²) < 4.78 is 72.3. The molecule has 0 spiro atoms. The molecule has 1 aromatic rings. The Morgan fingerprint density at radius 2 is 1.80 bits per heavy atom. The number of carbonyl (C=O) groups excluding carboxylic acids is 2. The summed E-state index contributed by atoms with van der Waals surface area (Å²) in [7, 11) is 0. The van der Waals surface area contributed by atoms with E-state index in [0.29, 0.717) is 18.5 Å². The van der Waals surface area contributed by atoms with Crippen molar-refractivity contribution in [3.05, 3.63) is 59.2 Å². The van der Waals surface area contributed by atoms with Gasteiger partial charge in [-0.05, 0) is 78.9 Å². The monoisotopic (exact) mass is 579 g/mol. The van der Waals surface area contributed by atoms with Gasteiger partial charge in [-0.15, -0.1) is 0 Å². The molecule has 0 aromatic heterocycles. The second-order valence-corrected chi connectivity index (χ2v) is 13.2. The van der Waals surface area contributed by atoms with E-state index in [1.54, 1.807) is 0 Å². The maximum absolute atomic E-state index is 17.5. The number of carbonyl (C=O) groups is 2. The van der Waals surface area contributed by atoms with Crippen LogP contribution in [0.4, 0.5) is 22.0 Å². The normalized spacial score (nSPS) is 43.7. The quantitative estimate of drug-likeness (QED) is 0.510. The molecular formula is C31H34F5NO4. The Bertz CT molecular complexity index is 1340. The highest BCUT2D eigenvalue weighted by Crippen LogP contribution is 2.74. The van der Waals surface area contributed by atoms with Crippen LogP contribution in [0.1, 0.15) is 44.2 Å². The first kappa shape index (κ1) is 28.7. The number of fused-ring (bicyclic) bond motifs is 7. The minimum absolute atomic E-state index is 0.0356. The molecular weight excluding hydrogens is 545 g/mol. The van der Waals surface area contributed by atoms with Gasteiger partial charge >= 0.3 is 6.18 Å². The molecule has 1 heterocycles. The number of hydrogen-bond acceptors (Lipinski definition) is 5. The number of likely N-dealkylation sites (tertiary alicyclic amines) is 1. The van der Waals surface area contributed by atoms with Gasteiger partial charge in [-0.25, -0.2) is 8.78 Å². The van der Waals surface area contributed by atoms with Gasteiger partial charge in [-0.3, -0.25) is 14.5 Å². The molecule has 5 nitrogen and oxygen atoms in total. The Balaban J connectivity index is 1.35. The number of Topliss-reactive ketones (excluding diaryl/α,β-unsaturated/α-hetero) is 1. The van der Waals surface area contributed by atoms with E-state index in [1.807, 2.05) is 11.8 Å². The Hall–Kier alpha value is -2.43. The van der Waals surface area contributed by atoms with Crippen LogP contribution in [0.3, 0.4) is 0 Å². The summed E-state index contributed by atoms with van der Waals surface area (Å²) in [5, 5.41) is 21.7. The first-order valence-electron chi connectivity index (χ1n) is 14.1. The molecule has 4 fully saturated rings. The topological polar surface area (TPSA) is 77.8 Å². The predicted molar refractivity (Wildman–Crippen MR) is 139 cm³/mol. The SMILES string of the molecule is C[C@]12C=CC(=O)C=C1[C@@H](F)C[C@H]1C3C[C@H]4CN(Cc5ccc(C(F)(F)F)cc5)C[C@@]4(C(=O)CO)[C@@]3(C)C[C@H](O)[C@@]12F. The summed E-state index contributed by atoms with van der Waals surface area (Å²) in [6.45, 7) is 3.51. The number of nitrogens with zero attached hydrogens (tertiary/aromatic N) is 1. The van der Waals surface area contributed by atoms with Crippen molar-refractivity contribution < 1.29 is 41.8 Å². The number of rotatable bonds is 4. The molecule has 5 aliphatic rings. The highest BCUT2D eigenvalue weighted by Gasteiger charge is 2.78. The average molecular weight is 580 g/mol. The number of hydrogen-bond donors (Lipinski definition) is 2. The third kappa shape index (κ3) is 3.69. The van der Waals surface area contributed by atoms with Crippen molar-refractivity contribution in [2.75, 3.05) is 19.7 Å². The second kappa shape index (κ2) is 9.04. The number of ketones is 2. The van der Waals surface area contributed by atoms with E-state index >= 15 is 8.78 Å². The van der Waals surface area contributed by atoms with Crippen molar-refractivity contribution in [1.82, 2.24) is 4.90 Å². The summed E-state index contributed by atoms with van der Waals surface area (Å²) in [5.74, 6) is -2.54. The lowest BCUT2D eigenvalue weighted by molar-refractivity contribution is -0.212. The summed E-state index contributed by atoms with van der Waals surface area (Å²) in [6.07, 6.45) is -3.76. The van der Waals surface area contributed by atoms with Gasteiger partial charge in [0.05, 0.1) is 17.1 Å². The van der Waals surface area contributed by atoms with Crippen molar-refractivity contribution in [3.63, 3.8) is 0 Å². The Morgan fingerprint density at radius 1 is 1.12 bits per heavy atom. The van der Waals surface area contributed by atoms with E-state index < -0.39 is 75.9 Å². The molecule has 6 rings (SSSR count). The third-order valence-corrected chi connectivity index (χ3v) is 11.6. The maximum Gasteiger partial charge on any atom is 0.416 e. The van der Waals surface area contributed by atoms with Gasteiger partial charge in [0, 0.05) is 31.0 Å². The first-order valence-corrected chi connectivity index (χ1v) is 14.1. The largest absolute Gasteiger partial charge is 0.416 e. The Morgan fingerprint density at radius 3 is 2.44 bits per heavy atom. The molecule has 222 valence electrons. The first-order chi connectivity index (χ1) is 19.1. The lowest BCUT2D eigenvalue weighted by atomic mass is 9.43. The molecule has 1 aromatic carbocycles. The molecule has 2 N–H and O–H groups in total. The van der Waals surface area contributed by atoms with Gasteiger partial charge in [-0.1, -0.05) is 25.1 Å². The Labute approximate surface area is 235 Å². The van der Waals surface area contributed by atoms with Gasteiger partial charge in [0.15, 0.2) is 17.2 Å². The van der Waals surface area contributed by atoms with E-state index in [9.17, 15) is 33.0 Å². The number of aliphatic hydroxyl groups excluding tert-OH is 2. The van der Waals surface area contributed by atoms with Crippen LogP contribution in [-0.2, 0) is 22.3 Å². The van der Waals surface area contributed by atoms with E-state index in [4.69, 9.17) is 0 Å². The molecule has 9 atom stereocenters. The molecule has 3 saturated carbocycles. The van der Waals surface area contributed by atoms with Crippen LogP contribution in [0.15, 0.2) is 48.1 Å². The van der Waals surface area contributed by atoms with Crippen LogP contribution >= 0.6 is 0 Å². The van der Waals surface area contributed by atoms with Crippen molar-refractivity contribution in [3.8, 4) is 0 Å². The summed E-state index contributed by atoms with van der Waals surface area (Å²) in [5.41, 5.74) is -5.96. The van der Waals surface area contributed by atoms with Crippen molar-refractivity contribution >= 4 is 11.6 Å². The van der Waals surface area contributed by atoms with Crippen LogP contribution in [0.5, 0.6) is 0 Å². The number of alkyl halides is 5. The fourth-order valence-corrected chi connectivity index (χ4v) is 9.70. The highest BCUT2D eigenvalue weighted by molar-refractivity contribution is 6.01. The Kier molecular flexibility index (Phi) is 6.32. The van der Waals surface area contributed by atoms with Crippen molar-refractivity contribution in [2.45, 2.75) is 63.8 Å². The number of benzene rings is 1. The average Bonchev–Trinajstić information content (AvgIpc) is 3.38.